The Kier molecular flexibility index (Phi) is 4.59. The lowest BCUT2D eigenvalue weighted by atomic mass is 10.1. The van der Waals surface area contributed by atoms with Crippen molar-refractivity contribution in [3.63, 3.8) is 0 Å². The van der Waals surface area contributed by atoms with Gasteiger partial charge in [-0.2, -0.15) is 5.10 Å². The molecule has 0 aliphatic heterocycles. The number of hydrogen-bond donors (Lipinski definition) is 0. The summed E-state index contributed by atoms with van der Waals surface area (Å²) in [7, 11) is 0. The lowest BCUT2D eigenvalue weighted by Crippen LogP contribution is -2.10. The van der Waals surface area contributed by atoms with Crippen LogP contribution in [0.5, 0.6) is 0 Å². The molecule has 2 aromatic rings. The van der Waals surface area contributed by atoms with E-state index in [1.165, 1.54) is 5.69 Å². The van der Waals surface area contributed by atoms with Crippen LogP contribution in [0.4, 0.5) is 0 Å². The molecule has 0 saturated carbocycles. The molecule has 0 radical (unpaired) electrons. The van der Waals surface area contributed by atoms with Crippen molar-refractivity contribution in [3.05, 3.63) is 48.3 Å². The third kappa shape index (κ3) is 3.22. The number of nitrogens with zero attached hydrogens (tertiary/aromatic N) is 2. The summed E-state index contributed by atoms with van der Waals surface area (Å²) in [5.74, 6) is 0.665. The van der Waals surface area contributed by atoms with Crippen molar-refractivity contribution in [2.24, 2.45) is 5.92 Å². The van der Waals surface area contributed by atoms with E-state index in [0.29, 0.717) is 10.7 Å². The predicted octanol–water partition coefficient (Wildman–Crippen LogP) is 4.22. The molecule has 2 rings (SSSR count). The van der Waals surface area contributed by atoms with Gasteiger partial charge in [0.15, 0.2) is 0 Å². The lowest BCUT2D eigenvalue weighted by Gasteiger charge is -2.14. The van der Waals surface area contributed by atoms with E-state index in [1.54, 1.807) is 0 Å². The Morgan fingerprint density at radius 3 is 2.56 bits per heavy atom. The van der Waals surface area contributed by atoms with E-state index < -0.39 is 0 Å². The highest BCUT2D eigenvalue weighted by Gasteiger charge is 2.11. The summed E-state index contributed by atoms with van der Waals surface area (Å²) in [4.78, 5) is 0.566. The van der Waals surface area contributed by atoms with Crippen LogP contribution in [0, 0.1) is 5.92 Å². The van der Waals surface area contributed by atoms with Crippen molar-refractivity contribution in [1.29, 1.82) is 0 Å². The molecule has 1 heterocycles. The Morgan fingerprint density at radius 2 is 1.89 bits per heavy atom. The highest BCUT2D eigenvalue weighted by atomic mass is 79.9. The molecule has 0 aliphatic rings. The van der Waals surface area contributed by atoms with Gasteiger partial charge in [0.1, 0.15) is 0 Å². The summed E-state index contributed by atoms with van der Waals surface area (Å²) in [6.45, 7) is 4.49. The van der Waals surface area contributed by atoms with Crippen LogP contribution in [0.15, 0.2) is 42.6 Å². The zero-order chi connectivity index (χ0) is 13.0. The van der Waals surface area contributed by atoms with Gasteiger partial charge >= 0.3 is 0 Å². The largest absolute Gasteiger partial charge is 0.238 e. The molecule has 1 aromatic carbocycles. The summed E-state index contributed by atoms with van der Waals surface area (Å²) in [5.41, 5.74) is 2.40. The van der Waals surface area contributed by atoms with E-state index in [-0.39, 0.29) is 0 Å². The topological polar surface area (TPSA) is 17.8 Å². The minimum Gasteiger partial charge on any atom is -0.238 e. The van der Waals surface area contributed by atoms with Crippen LogP contribution >= 0.6 is 15.9 Å². The van der Waals surface area contributed by atoms with Crippen LogP contribution in [0.1, 0.15) is 26.0 Å². The number of hydrogen-bond acceptors (Lipinski definition) is 1. The number of aryl methyl sites for hydroxylation is 1. The third-order valence-electron chi connectivity index (χ3n) is 3.12. The third-order valence-corrected chi connectivity index (χ3v) is 4.64. The average molecular weight is 307 g/mol. The number of benzene rings is 1. The van der Waals surface area contributed by atoms with Crippen LogP contribution < -0.4 is 0 Å². The van der Waals surface area contributed by atoms with Crippen molar-refractivity contribution in [3.8, 4) is 5.69 Å². The Morgan fingerprint density at radius 1 is 1.17 bits per heavy atom. The Labute approximate surface area is 117 Å². The van der Waals surface area contributed by atoms with Crippen molar-refractivity contribution >= 4 is 15.9 Å². The van der Waals surface area contributed by atoms with E-state index >= 15 is 0 Å². The fourth-order valence-electron chi connectivity index (χ4n) is 1.94. The highest BCUT2D eigenvalue weighted by molar-refractivity contribution is 9.09. The van der Waals surface area contributed by atoms with Crippen molar-refractivity contribution in [2.45, 2.75) is 31.5 Å². The molecule has 0 aliphatic carbocycles. The highest BCUT2D eigenvalue weighted by Crippen LogP contribution is 2.19. The van der Waals surface area contributed by atoms with E-state index in [2.05, 4.69) is 53.1 Å². The fraction of sp³-hybridized carbons (Fsp3) is 0.400. The van der Waals surface area contributed by atoms with E-state index in [9.17, 15) is 0 Å². The molecule has 96 valence electrons. The molecular weight excluding hydrogens is 288 g/mol. The molecular formula is C15H19BrN2. The summed E-state index contributed by atoms with van der Waals surface area (Å²) in [6.07, 6.45) is 4.06. The molecule has 2 nitrogen and oxygen atoms in total. The van der Waals surface area contributed by atoms with Crippen LogP contribution in [0.25, 0.3) is 5.69 Å². The van der Waals surface area contributed by atoms with Gasteiger partial charge in [0, 0.05) is 16.7 Å². The number of halogens is 1. The predicted molar refractivity (Wildman–Crippen MR) is 79.4 cm³/mol. The first-order valence-electron chi connectivity index (χ1n) is 6.41. The fourth-order valence-corrected chi connectivity index (χ4v) is 2.17. The van der Waals surface area contributed by atoms with Crippen molar-refractivity contribution in [1.82, 2.24) is 9.78 Å². The van der Waals surface area contributed by atoms with E-state index in [4.69, 9.17) is 0 Å². The first kappa shape index (κ1) is 13.3. The maximum Gasteiger partial charge on any atom is 0.0648 e. The molecule has 0 amide bonds. The lowest BCUT2D eigenvalue weighted by molar-refractivity contribution is 0.574. The monoisotopic (exact) mass is 306 g/mol. The normalized spacial score (nSPS) is 12.9. The minimum atomic E-state index is 0.566. The summed E-state index contributed by atoms with van der Waals surface area (Å²) >= 11 is 3.74. The number of aromatic nitrogens is 2. The molecule has 0 spiro atoms. The van der Waals surface area contributed by atoms with Gasteiger partial charge in [-0.15, -0.1) is 0 Å². The Bertz CT molecular complexity index is 476. The van der Waals surface area contributed by atoms with Gasteiger partial charge in [-0.05, 0) is 37.0 Å². The molecule has 0 bridgehead atoms. The smallest absolute Gasteiger partial charge is 0.0648 e. The molecule has 3 heteroatoms. The minimum absolute atomic E-state index is 0.566. The van der Waals surface area contributed by atoms with Crippen LogP contribution in [-0.4, -0.2) is 14.6 Å². The second kappa shape index (κ2) is 6.19. The number of alkyl halides is 1. The van der Waals surface area contributed by atoms with E-state index in [0.717, 1.165) is 18.5 Å². The SMILES string of the molecule is CC(C)C(Br)CCc1ccnn1-c1ccccc1. The zero-order valence-electron chi connectivity index (χ0n) is 10.9. The molecule has 0 saturated heterocycles. The number of para-hydroxylation sites is 1. The summed E-state index contributed by atoms with van der Waals surface area (Å²) in [5, 5.41) is 4.41. The molecule has 1 atom stereocenters. The van der Waals surface area contributed by atoms with Gasteiger partial charge in [-0.3, -0.25) is 0 Å². The Balaban J connectivity index is 2.09. The molecule has 1 unspecified atom stereocenters. The summed E-state index contributed by atoms with van der Waals surface area (Å²) < 4.78 is 2.03. The van der Waals surface area contributed by atoms with Crippen LogP contribution in [0.2, 0.25) is 0 Å². The van der Waals surface area contributed by atoms with Gasteiger partial charge < -0.3 is 0 Å². The molecule has 0 fully saturated rings. The van der Waals surface area contributed by atoms with Gasteiger partial charge in [0.2, 0.25) is 0 Å². The average Bonchev–Trinajstić information content (AvgIpc) is 2.85. The molecule has 0 N–H and O–H groups in total. The van der Waals surface area contributed by atoms with E-state index in [1.807, 2.05) is 29.1 Å². The van der Waals surface area contributed by atoms with Gasteiger partial charge in [0.05, 0.1) is 5.69 Å². The second-order valence-electron chi connectivity index (χ2n) is 4.87. The van der Waals surface area contributed by atoms with Gasteiger partial charge in [0.25, 0.3) is 0 Å². The second-order valence-corrected chi connectivity index (χ2v) is 6.04. The maximum absolute atomic E-state index is 4.41. The standard InChI is InChI=1S/C15H19BrN2/c1-12(2)15(16)9-8-14-10-11-17-18(14)13-6-4-3-5-7-13/h3-7,10-12,15H,8-9H2,1-2H3. The molecule has 1 aromatic heterocycles. The Hall–Kier alpha value is -1.09. The zero-order valence-corrected chi connectivity index (χ0v) is 12.5. The van der Waals surface area contributed by atoms with Crippen LogP contribution in [0.3, 0.4) is 0 Å². The van der Waals surface area contributed by atoms with Crippen LogP contribution in [-0.2, 0) is 6.42 Å². The van der Waals surface area contributed by atoms with Crippen molar-refractivity contribution in [2.75, 3.05) is 0 Å². The van der Waals surface area contributed by atoms with Gasteiger partial charge in [-0.1, -0.05) is 48.0 Å². The maximum atomic E-state index is 4.41. The van der Waals surface area contributed by atoms with Gasteiger partial charge in [-0.25, -0.2) is 4.68 Å². The summed E-state index contributed by atoms with van der Waals surface area (Å²) in [6, 6.07) is 12.4. The molecule has 18 heavy (non-hydrogen) atoms. The first-order valence-corrected chi connectivity index (χ1v) is 7.32. The quantitative estimate of drug-likeness (QED) is 0.756. The van der Waals surface area contributed by atoms with Crippen molar-refractivity contribution < 1.29 is 0 Å². The number of rotatable bonds is 5. The first-order chi connectivity index (χ1) is 8.68.